The first kappa shape index (κ1) is 28.0. The molecule has 0 atom stereocenters. The van der Waals surface area contributed by atoms with Crippen LogP contribution in [-0.2, 0) is 0 Å². The molecule has 1 heteroatoms. The molecule has 30 heavy (non-hydrogen) atoms. The summed E-state index contributed by atoms with van der Waals surface area (Å²) in [5.74, 6) is 0.897. The summed E-state index contributed by atoms with van der Waals surface area (Å²) in [7, 11) is 0. The van der Waals surface area contributed by atoms with E-state index in [4.69, 9.17) is 0 Å². The minimum absolute atomic E-state index is 0.897. The lowest BCUT2D eigenvalue weighted by molar-refractivity contribution is -0.917. The van der Waals surface area contributed by atoms with E-state index in [9.17, 15) is 0 Å². The third kappa shape index (κ3) is 15.7. The molecule has 1 nitrogen and oxygen atoms in total. The Bertz CT molecular complexity index is 342. The van der Waals surface area contributed by atoms with Gasteiger partial charge in [0.2, 0.25) is 0 Å². The molecular weight excluding hydrogens is 362 g/mol. The third-order valence-corrected chi connectivity index (χ3v) is 7.66. The summed E-state index contributed by atoms with van der Waals surface area (Å²) >= 11 is 0. The van der Waals surface area contributed by atoms with Crippen LogP contribution in [0.1, 0.15) is 156 Å². The minimum Gasteiger partial charge on any atom is -0.324 e. The van der Waals surface area contributed by atoms with Gasteiger partial charge in [-0.1, -0.05) is 117 Å². The van der Waals surface area contributed by atoms with E-state index < -0.39 is 0 Å². The number of unbranched alkanes of at least 4 members (excludes halogenated alkanes) is 16. The molecule has 1 fully saturated rings. The molecule has 0 unspecified atom stereocenters. The van der Waals surface area contributed by atoms with Gasteiger partial charge in [0.05, 0.1) is 26.2 Å². The second-order valence-electron chi connectivity index (χ2n) is 11.1. The normalized spacial score (nSPS) is 16.0. The Balaban J connectivity index is 1.83. The van der Waals surface area contributed by atoms with Crippen LogP contribution in [0.15, 0.2) is 0 Å². The molecule has 0 saturated carbocycles. The summed E-state index contributed by atoms with van der Waals surface area (Å²) in [4.78, 5) is 0. The predicted octanol–water partition coefficient (Wildman–Crippen LogP) is 9.68. The molecule has 1 rings (SSSR count). The zero-order valence-corrected chi connectivity index (χ0v) is 21.7. The Morgan fingerprint density at radius 1 is 0.500 bits per heavy atom. The van der Waals surface area contributed by atoms with Crippen molar-refractivity contribution in [3.8, 4) is 0 Å². The monoisotopic (exact) mass is 422 g/mol. The Morgan fingerprint density at radius 3 is 1.27 bits per heavy atom. The number of nitrogens with zero attached hydrogens (tertiary/aromatic N) is 1. The molecule has 0 spiro atoms. The van der Waals surface area contributed by atoms with Crippen LogP contribution in [-0.4, -0.2) is 30.7 Å². The van der Waals surface area contributed by atoms with E-state index in [0.717, 1.165) is 5.92 Å². The van der Waals surface area contributed by atoms with Gasteiger partial charge >= 0.3 is 0 Å². The van der Waals surface area contributed by atoms with E-state index in [2.05, 4.69) is 20.8 Å². The smallest absolute Gasteiger partial charge is 0.0788 e. The first-order valence-electron chi connectivity index (χ1n) is 14.5. The van der Waals surface area contributed by atoms with E-state index in [1.807, 2.05) is 0 Å². The third-order valence-electron chi connectivity index (χ3n) is 7.66. The standard InChI is InChI=1S/C29H60N/c1-4-5-6-20-25-30(27-22-23-28-30)26-21-18-16-14-12-10-8-7-9-11-13-15-17-19-24-29(2)3/h29H,4-28H2,1-3H3/q+1. The highest BCUT2D eigenvalue weighted by Gasteiger charge is 2.30. The van der Waals surface area contributed by atoms with E-state index in [0.29, 0.717) is 0 Å². The van der Waals surface area contributed by atoms with Gasteiger partial charge in [-0.25, -0.2) is 0 Å². The quantitative estimate of drug-likeness (QED) is 0.120. The maximum atomic E-state index is 2.35. The van der Waals surface area contributed by atoms with Crippen LogP contribution in [0.3, 0.4) is 0 Å². The van der Waals surface area contributed by atoms with Gasteiger partial charge in [-0.2, -0.15) is 0 Å². The van der Waals surface area contributed by atoms with Crippen molar-refractivity contribution in [2.45, 2.75) is 156 Å². The second kappa shape index (κ2) is 19.6. The summed E-state index contributed by atoms with van der Waals surface area (Å²) in [5.41, 5.74) is 0. The lowest BCUT2D eigenvalue weighted by Crippen LogP contribution is -2.46. The first-order chi connectivity index (χ1) is 14.7. The molecule has 0 amide bonds. The fourth-order valence-electron chi connectivity index (χ4n) is 5.56. The van der Waals surface area contributed by atoms with Gasteiger partial charge in [-0.15, -0.1) is 0 Å². The minimum atomic E-state index is 0.897. The summed E-state index contributed by atoms with van der Waals surface area (Å²) in [6.07, 6.45) is 31.0. The zero-order chi connectivity index (χ0) is 21.8. The molecule has 0 radical (unpaired) electrons. The Hall–Kier alpha value is -0.0400. The Kier molecular flexibility index (Phi) is 18.3. The Labute approximate surface area is 192 Å². The molecule has 0 bridgehead atoms. The first-order valence-corrected chi connectivity index (χ1v) is 14.5. The van der Waals surface area contributed by atoms with Gasteiger partial charge in [0, 0.05) is 12.8 Å². The molecule has 180 valence electrons. The van der Waals surface area contributed by atoms with Crippen molar-refractivity contribution < 1.29 is 4.48 Å². The Morgan fingerprint density at radius 2 is 0.867 bits per heavy atom. The summed E-state index contributed by atoms with van der Waals surface area (Å²) < 4.78 is 1.49. The number of quaternary nitrogens is 1. The van der Waals surface area contributed by atoms with Crippen molar-refractivity contribution in [3.05, 3.63) is 0 Å². The average Bonchev–Trinajstić information content (AvgIpc) is 3.19. The molecule has 1 saturated heterocycles. The second-order valence-corrected chi connectivity index (χ2v) is 11.1. The van der Waals surface area contributed by atoms with Gasteiger partial charge in [-0.3, -0.25) is 0 Å². The number of rotatable bonds is 22. The van der Waals surface area contributed by atoms with Crippen LogP contribution in [0.4, 0.5) is 0 Å². The lowest BCUT2D eigenvalue weighted by Gasteiger charge is -2.34. The number of hydrogen-bond donors (Lipinski definition) is 0. The fourth-order valence-corrected chi connectivity index (χ4v) is 5.56. The number of likely N-dealkylation sites (tertiary alicyclic amines) is 1. The van der Waals surface area contributed by atoms with Crippen LogP contribution in [0.25, 0.3) is 0 Å². The molecule has 0 aromatic rings. The molecule has 0 aliphatic carbocycles. The highest BCUT2D eigenvalue weighted by Crippen LogP contribution is 2.23. The van der Waals surface area contributed by atoms with Crippen LogP contribution < -0.4 is 0 Å². The van der Waals surface area contributed by atoms with Gasteiger partial charge < -0.3 is 4.48 Å². The SMILES string of the molecule is CCCCCC[N+]1(CCCCCCCCCCCCCCCCC(C)C)CCCC1. The highest BCUT2D eigenvalue weighted by atomic mass is 15.4. The van der Waals surface area contributed by atoms with Gasteiger partial charge in [-0.05, 0) is 31.6 Å². The van der Waals surface area contributed by atoms with Crippen molar-refractivity contribution >= 4 is 0 Å². The summed E-state index contributed by atoms with van der Waals surface area (Å²) in [6.45, 7) is 13.0. The molecule has 1 aliphatic heterocycles. The van der Waals surface area contributed by atoms with Crippen LogP contribution >= 0.6 is 0 Å². The largest absolute Gasteiger partial charge is 0.324 e. The van der Waals surface area contributed by atoms with E-state index in [-0.39, 0.29) is 0 Å². The van der Waals surface area contributed by atoms with Gasteiger partial charge in [0.1, 0.15) is 0 Å². The molecule has 0 aromatic carbocycles. The van der Waals surface area contributed by atoms with Gasteiger partial charge in [0.25, 0.3) is 0 Å². The molecule has 0 aromatic heterocycles. The highest BCUT2D eigenvalue weighted by molar-refractivity contribution is 4.57. The lowest BCUT2D eigenvalue weighted by atomic mass is 10.0. The van der Waals surface area contributed by atoms with Gasteiger partial charge in [0.15, 0.2) is 0 Å². The van der Waals surface area contributed by atoms with Crippen molar-refractivity contribution in [1.82, 2.24) is 0 Å². The van der Waals surface area contributed by atoms with E-state index in [1.165, 1.54) is 165 Å². The zero-order valence-electron chi connectivity index (χ0n) is 21.7. The van der Waals surface area contributed by atoms with Crippen LogP contribution in [0.2, 0.25) is 0 Å². The predicted molar refractivity (Wildman–Crippen MR) is 137 cm³/mol. The topological polar surface area (TPSA) is 0 Å². The number of hydrogen-bond acceptors (Lipinski definition) is 0. The van der Waals surface area contributed by atoms with Crippen molar-refractivity contribution in [3.63, 3.8) is 0 Å². The molecule has 1 aliphatic rings. The van der Waals surface area contributed by atoms with Crippen LogP contribution in [0.5, 0.6) is 0 Å². The van der Waals surface area contributed by atoms with Crippen molar-refractivity contribution in [2.24, 2.45) is 5.92 Å². The summed E-state index contributed by atoms with van der Waals surface area (Å²) in [5, 5.41) is 0. The average molecular weight is 423 g/mol. The maximum Gasteiger partial charge on any atom is 0.0788 e. The van der Waals surface area contributed by atoms with Crippen molar-refractivity contribution in [2.75, 3.05) is 26.2 Å². The molecule has 1 heterocycles. The fraction of sp³-hybridized carbons (Fsp3) is 1.00. The summed E-state index contributed by atoms with van der Waals surface area (Å²) in [6, 6.07) is 0. The van der Waals surface area contributed by atoms with Crippen LogP contribution in [0, 0.1) is 5.92 Å². The van der Waals surface area contributed by atoms with E-state index >= 15 is 0 Å². The molecule has 0 N–H and O–H groups in total. The maximum absolute atomic E-state index is 2.35. The van der Waals surface area contributed by atoms with E-state index in [1.54, 1.807) is 0 Å². The molecular formula is C29H60N+. The van der Waals surface area contributed by atoms with Crippen molar-refractivity contribution in [1.29, 1.82) is 0 Å².